The normalized spacial score (nSPS) is 13.8. The van der Waals surface area contributed by atoms with Gasteiger partial charge in [0.05, 0.1) is 11.5 Å². The van der Waals surface area contributed by atoms with E-state index in [1.54, 1.807) is 13.2 Å². The highest BCUT2D eigenvalue weighted by Crippen LogP contribution is 2.33. The van der Waals surface area contributed by atoms with E-state index in [4.69, 9.17) is 10.5 Å². The van der Waals surface area contributed by atoms with Crippen molar-refractivity contribution in [2.75, 3.05) is 43.1 Å². The van der Waals surface area contributed by atoms with Crippen LogP contribution in [0.15, 0.2) is 29.4 Å². The number of carbonyl (C=O) groups is 1. The minimum Gasteiger partial charge on any atom is -0.465 e. The summed E-state index contributed by atoms with van der Waals surface area (Å²) in [5.41, 5.74) is 7.52. The summed E-state index contributed by atoms with van der Waals surface area (Å²) >= 11 is 1.22. The molecular formula is C21H28N6O4S. The van der Waals surface area contributed by atoms with Gasteiger partial charge in [0.1, 0.15) is 6.54 Å². The molecule has 1 aromatic carbocycles. The van der Waals surface area contributed by atoms with E-state index < -0.39 is 16.6 Å². The summed E-state index contributed by atoms with van der Waals surface area (Å²) in [5.74, 6) is -0.733. The number of nitro groups is 1. The zero-order chi connectivity index (χ0) is 23.1. The molecule has 1 aliphatic rings. The molecule has 0 saturated carbocycles. The van der Waals surface area contributed by atoms with E-state index in [-0.39, 0.29) is 31.3 Å². The summed E-state index contributed by atoms with van der Waals surface area (Å²) in [7, 11) is 0. The van der Waals surface area contributed by atoms with Gasteiger partial charge in [0.15, 0.2) is 5.16 Å². The van der Waals surface area contributed by atoms with Crippen molar-refractivity contribution < 1.29 is 14.5 Å². The molecule has 1 aromatic heterocycles. The molecule has 1 aliphatic heterocycles. The number of nitrogens with two attached hydrogens (primary N) is 1. The van der Waals surface area contributed by atoms with E-state index in [0.717, 1.165) is 30.8 Å². The minimum atomic E-state index is -0.614. The van der Waals surface area contributed by atoms with E-state index in [9.17, 15) is 14.9 Å². The Labute approximate surface area is 191 Å². The fourth-order valence-corrected chi connectivity index (χ4v) is 4.11. The molecule has 32 heavy (non-hydrogen) atoms. The standard InChI is InChI=1S/C21H28N6O4S/c1-3-31-17(28)14-26(20-18(27(29)30)19(22)23-21(24-20)32-2)13-16-8-6-7-15(11-16)12-25-9-4-5-10-25/h6-8,11H,3-5,9-10,12-14H2,1-2H3,(H2,22,23,24). The van der Waals surface area contributed by atoms with E-state index in [1.165, 1.54) is 29.5 Å². The van der Waals surface area contributed by atoms with Crippen LogP contribution in [0.5, 0.6) is 0 Å². The zero-order valence-electron chi connectivity index (χ0n) is 18.3. The first-order chi connectivity index (χ1) is 15.4. The lowest BCUT2D eigenvalue weighted by atomic mass is 10.1. The van der Waals surface area contributed by atoms with Crippen LogP contribution in [0, 0.1) is 10.1 Å². The Bertz CT molecular complexity index is 967. The van der Waals surface area contributed by atoms with Gasteiger partial charge in [-0.2, -0.15) is 9.97 Å². The van der Waals surface area contributed by atoms with Crippen LogP contribution in [-0.2, 0) is 22.6 Å². The summed E-state index contributed by atoms with van der Waals surface area (Å²) in [6.07, 6.45) is 4.18. The summed E-state index contributed by atoms with van der Waals surface area (Å²) in [4.78, 5) is 35.7. The summed E-state index contributed by atoms with van der Waals surface area (Å²) in [5, 5.41) is 12.0. The predicted octanol–water partition coefficient (Wildman–Crippen LogP) is 2.85. The molecule has 0 unspecified atom stereocenters. The molecule has 0 radical (unpaired) electrons. The number of likely N-dealkylation sites (tertiary alicyclic amines) is 1. The summed E-state index contributed by atoms with van der Waals surface area (Å²) in [6.45, 7) is 4.98. The molecule has 0 bridgehead atoms. The lowest BCUT2D eigenvalue weighted by Crippen LogP contribution is -2.32. The van der Waals surface area contributed by atoms with Crippen molar-refractivity contribution in [1.29, 1.82) is 0 Å². The third kappa shape index (κ3) is 6.07. The van der Waals surface area contributed by atoms with E-state index >= 15 is 0 Å². The van der Waals surface area contributed by atoms with Crippen molar-refractivity contribution in [1.82, 2.24) is 14.9 Å². The maximum Gasteiger partial charge on any atom is 0.353 e. The molecule has 10 nitrogen and oxygen atoms in total. The Balaban J connectivity index is 1.94. The molecule has 2 aromatic rings. The minimum absolute atomic E-state index is 0.00449. The average molecular weight is 461 g/mol. The predicted molar refractivity (Wildman–Crippen MR) is 124 cm³/mol. The smallest absolute Gasteiger partial charge is 0.353 e. The lowest BCUT2D eigenvalue weighted by Gasteiger charge is -2.23. The lowest BCUT2D eigenvalue weighted by molar-refractivity contribution is -0.383. The molecule has 0 spiro atoms. The first-order valence-corrected chi connectivity index (χ1v) is 11.7. The van der Waals surface area contributed by atoms with Crippen LogP contribution in [0.3, 0.4) is 0 Å². The number of aromatic nitrogens is 2. The van der Waals surface area contributed by atoms with Crippen molar-refractivity contribution in [3.05, 3.63) is 45.5 Å². The van der Waals surface area contributed by atoms with Gasteiger partial charge < -0.3 is 15.4 Å². The van der Waals surface area contributed by atoms with Gasteiger partial charge in [-0.1, -0.05) is 36.0 Å². The highest BCUT2D eigenvalue weighted by atomic mass is 32.2. The molecule has 0 amide bonds. The maximum atomic E-state index is 12.3. The van der Waals surface area contributed by atoms with Crippen LogP contribution >= 0.6 is 11.8 Å². The average Bonchev–Trinajstić information content (AvgIpc) is 3.25. The van der Waals surface area contributed by atoms with Crippen molar-refractivity contribution in [3.8, 4) is 0 Å². The molecule has 172 valence electrons. The number of esters is 1. The summed E-state index contributed by atoms with van der Waals surface area (Å²) < 4.78 is 5.09. The van der Waals surface area contributed by atoms with Crippen molar-refractivity contribution in [2.45, 2.75) is 38.0 Å². The van der Waals surface area contributed by atoms with Crippen LogP contribution in [0.2, 0.25) is 0 Å². The molecule has 0 atom stereocenters. The number of rotatable bonds is 10. The maximum absolute atomic E-state index is 12.3. The number of hydrogen-bond donors (Lipinski definition) is 1. The number of carbonyl (C=O) groups excluding carboxylic acids is 1. The molecule has 1 saturated heterocycles. The van der Waals surface area contributed by atoms with Crippen LogP contribution in [-0.4, -0.2) is 58.3 Å². The van der Waals surface area contributed by atoms with Gasteiger partial charge in [0, 0.05) is 13.1 Å². The second-order valence-corrected chi connectivity index (χ2v) is 8.26. The largest absolute Gasteiger partial charge is 0.465 e. The van der Waals surface area contributed by atoms with Crippen LogP contribution in [0.4, 0.5) is 17.3 Å². The number of ether oxygens (including phenoxy) is 1. The first-order valence-electron chi connectivity index (χ1n) is 10.5. The third-order valence-corrected chi connectivity index (χ3v) is 5.68. The Morgan fingerprint density at radius 2 is 2.03 bits per heavy atom. The zero-order valence-corrected chi connectivity index (χ0v) is 19.1. The first kappa shape index (κ1) is 23.7. The Morgan fingerprint density at radius 3 is 2.69 bits per heavy atom. The highest BCUT2D eigenvalue weighted by molar-refractivity contribution is 7.98. The van der Waals surface area contributed by atoms with E-state index in [0.29, 0.717) is 5.16 Å². The number of benzene rings is 1. The van der Waals surface area contributed by atoms with Crippen molar-refractivity contribution in [2.24, 2.45) is 0 Å². The molecule has 1 fully saturated rings. The van der Waals surface area contributed by atoms with Gasteiger partial charge in [0.25, 0.3) is 0 Å². The number of anilines is 2. The Morgan fingerprint density at radius 1 is 1.31 bits per heavy atom. The molecule has 2 N–H and O–H groups in total. The fourth-order valence-electron chi connectivity index (χ4n) is 3.74. The number of hydrogen-bond acceptors (Lipinski definition) is 10. The Hall–Kier alpha value is -2.92. The molecule has 11 heteroatoms. The number of nitrogen functional groups attached to an aromatic ring is 1. The topological polar surface area (TPSA) is 128 Å². The fraction of sp³-hybridized carbons (Fsp3) is 0.476. The summed E-state index contributed by atoms with van der Waals surface area (Å²) in [6, 6.07) is 8.01. The third-order valence-electron chi connectivity index (χ3n) is 5.13. The second kappa shape index (κ2) is 11.1. The quantitative estimate of drug-likeness (QED) is 0.186. The van der Waals surface area contributed by atoms with Crippen molar-refractivity contribution in [3.63, 3.8) is 0 Å². The molecule has 2 heterocycles. The molecule has 0 aliphatic carbocycles. The Kier molecular flexibility index (Phi) is 8.23. The van der Waals surface area contributed by atoms with Crippen LogP contribution in [0.1, 0.15) is 30.9 Å². The number of thioether (sulfide) groups is 1. The van der Waals surface area contributed by atoms with Gasteiger partial charge in [-0.25, -0.2) is 0 Å². The van der Waals surface area contributed by atoms with Gasteiger partial charge in [-0.15, -0.1) is 0 Å². The second-order valence-electron chi connectivity index (χ2n) is 7.49. The highest BCUT2D eigenvalue weighted by Gasteiger charge is 2.29. The van der Waals surface area contributed by atoms with E-state index in [1.807, 2.05) is 12.1 Å². The van der Waals surface area contributed by atoms with Gasteiger partial charge in [-0.3, -0.25) is 19.8 Å². The van der Waals surface area contributed by atoms with Gasteiger partial charge >= 0.3 is 11.7 Å². The number of nitrogens with zero attached hydrogens (tertiary/aromatic N) is 5. The van der Waals surface area contributed by atoms with Crippen LogP contribution in [0.25, 0.3) is 0 Å². The SMILES string of the molecule is CCOC(=O)CN(Cc1cccc(CN2CCCC2)c1)c1nc(SC)nc(N)c1[N+](=O)[O-]. The van der Waals surface area contributed by atoms with Crippen molar-refractivity contribution >= 4 is 35.1 Å². The molecule has 3 rings (SSSR count). The van der Waals surface area contributed by atoms with Crippen LogP contribution < -0.4 is 10.6 Å². The van der Waals surface area contributed by atoms with Gasteiger partial charge in [0.2, 0.25) is 11.6 Å². The van der Waals surface area contributed by atoms with Gasteiger partial charge in [-0.05, 0) is 50.2 Å². The van der Waals surface area contributed by atoms with E-state index in [2.05, 4.69) is 27.0 Å². The monoisotopic (exact) mass is 460 g/mol. The molecular weight excluding hydrogens is 432 g/mol.